The van der Waals surface area contributed by atoms with Crippen LogP contribution in [0.1, 0.15) is 53.7 Å². The van der Waals surface area contributed by atoms with E-state index in [1.807, 2.05) is 43.0 Å². The van der Waals surface area contributed by atoms with E-state index in [4.69, 9.17) is 0 Å². The van der Waals surface area contributed by atoms with Gasteiger partial charge in [0.2, 0.25) is 0 Å². The first-order chi connectivity index (χ1) is 16.1. The Morgan fingerprint density at radius 3 is 2.33 bits per heavy atom. The van der Waals surface area contributed by atoms with Crippen LogP contribution in [0.25, 0.3) is 0 Å². The fraction of sp³-hybridized carbons (Fsp3) is 0.345. The summed E-state index contributed by atoms with van der Waals surface area (Å²) >= 11 is 0. The Balaban J connectivity index is 1.69. The van der Waals surface area contributed by atoms with Gasteiger partial charge in [-0.1, -0.05) is 54.6 Å². The fourth-order valence-electron chi connectivity index (χ4n) is 5.19. The normalized spacial score (nSPS) is 18.7. The second kappa shape index (κ2) is 10.2. The molecular weight excluding hydrogens is 408 g/mol. The second-order valence-electron chi connectivity index (χ2n) is 8.99. The lowest BCUT2D eigenvalue weighted by Gasteiger charge is -2.44. The van der Waals surface area contributed by atoms with Crippen molar-refractivity contribution in [2.45, 2.75) is 38.6 Å². The average Bonchev–Trinajstić information content (AvgIpc) is 2.85. The van der Waals surface area contributed by atoms with Crippen LogP contribution < -0.4 is 0 Å². The number of amides is 1. The maximum absolute atomic E-state index is 12.8. The lowest BCUT2D eigenvalue weighted by molar-refractivity contribution is 0.0773. The monoisotopic (exact) mass is 442 g/mol. The van der Waals surface area contributed by atoms with Crippen molar-refractivity contribution in [1.29, 1.82) is 0 Å². The summed E-state index contributed by atoms with van der Waals surface area (Å²) in [6.45, 7) is 8.26. The van der Waals surface area contributed by atoms with Crippen molar-refractivity contribution in [1.82, 2.24) is 9.80 Å². The molecule has 3 aromatic rings. The molecule has 1 fully saturated rings. The molecule has 33 heavy (non-hydrogen) atoms. The Morgan fingerprint density at radius 2 is 1.67 bits per heavy atom. The molecule has 1 aliphatic rings. The number of hydrogen-bond acceptors (Lipinski definition) is 3. The molecule has 1 aliphatic heterocycles. The van der Waals surface area contributed by atoms with Crippen LogP contribution >= 0.6 is 0 Å². The van der Waals surface area contributed by atoms with Crippen LogP contribution in [0, 0.1) is 0 Å². The van der Waals surface area contributed by atoms with Crippen molar-refractivity contribution >= 4 is 5.91 Å². The number of phenolic OH excluding ortho intramolecular Hbond substituents is 1. The minimum Gasteiger partial charge on any atom is -0.508 e. The third kappa shape index (κ3) is 4.96. The number of piperidine rings is 1. The number of rotatable bonds is 7. The summed E-state index contributed by atoms with van der Waals surface area (Å²) < 4.78 is 0. The number of nitrogens with zero attached hydrogens (tertiary/aromatic N) is 2. The van der Waals surface area contributed by atoms with Crippen LogP contribution in [0.15, 0.2) is 78.9 Å². The molecule has 1 saturated heterocycles. The molecule has 172 valence electrons. The summed E-state index contributed by atoms with van der Waals surface area (Å²) in [6, 6.07) is 26.5. The third-order valence-electron chi connectivity index (χ3n) is 6.95. The fourth-order valence-corrected chi connectivity index (χ4v) is 5.19. The Bertz CT molecular complexity index is 1060. The number of hydrogen-bond donors (Lipinski definition) is 1. The first-order valence-electron chi connectivity index (χ1n) is 12.0. The molecule has 0 aromatic heterocycles. The van der Waals surface area contributed by atoms with Crippen LogP contribution in [0.3, 0.4) is 0 Å². The Kier molecular flexibility index (Phi) is 7.14. The van der Waals surface area contributed by atoms with Gasteiger partial charge in [-0.15, -0.1) is 0 Å². The zero-order valence-electron chi connectivity index (χ0n) is 19.7. The summed E-state index contributed by atoms with van der Waals surface area (Å²) in [7, 11) is 0. The van der Waals surface area contributed by atoms with Gasteiger partial charge < -0.3 is 10.0 Å². The number of carbonyl (C=O) groups excluding carboxylic acids is 1. The molecule has 4 nitrogen and oxygen atoms in total. The standard InChI is InChI=1S/C29H34N2O2/c1-3-31(4-2)28(33)24-14-16-25(17-15-24)29(26-12-8-13-27(32)20-26)18-9-19-30(22-29)21-23-10-6-5-7-11-23/h5-8,10-17,20,32H,3-4,9,18-19,21-22H2,1-2H3. The second-order valence-corrected chi connectivity index (χ2v) is 8.99. The number of carbonyl (C=O) groups is 1. The summed E-state index contributed by atoms with van der Waals surface area (Å²) in [5, 5.41) is 10.3. The molecule has 4 heteroatoms. The van der Waals surface area contributed by atoms with Crippen LogP contribution in [-0.2, 0) is 12.0 Å². The van der Waals surface area contributed by atoms with Gasteiger partial charge in [-0.2, -0.15) is 0 Å². The Morgan fingerprint density at radius 1 is 0.939 bits per heavy atom. The minimum absolute atomic E-state index is 0.0762. The summed E-state index contributed by atoms with van der Waals surface area (Å²) in [5.74, 6) is 0.368. The molecule has 1 amide bonds. The lowest BCUT2D eigenvalue weighted by atomic mass is 9.69. The molecule has 3 aromatic carbocycles. The van der Waals surface area contributed by atoms with E-state index in [1.165, 1.54) is 11.1 Å². The van der Waals surface area contributed by atoms with Crippen LogP contribution in [0.5, 0.6) is 5.75 Å². The number of likely N-dealkylation sites (tertiary alicyclic amines) is 1. The molecule has 1 atom stereocenters. The van der Waals surface area contributed by atoms with Gasteiger partial charge in [0.15, 0.2) is 0 Å². The van der Waals surface area contributed by atoms with E-state index >= 15 is 0 Å². The molecule has 0 aliphatic carbocycles. The summed E-state index contributed by atoms with van der Waals surface area (Å²) in [6.07, 6.45) is 2.08. The highest BCUT2D eigenvalue weighted by molar-refractivity contribution is 5.94. The zero-order valence-corrected chi connectivity index (χ0v) is 19.7. The van der Waals surface area contributed by atoms with Crippen molar-refractivity contribution in [3.63, 3.8) is 0 Å². The Labute approximate surface area is 197 Å². The number of phenols is 1. The van der Waals surface area contributed by atoms with Gasteiger partial charge in [0.25, 0.3) is 5.91 Å². The summed E-state index contributed by atoms with van der Waals surface area (Å²) in [5.41, 5.74) is 4.13. The highest BCUT2D eigenvalue weighted by atomic mass is 16.3. The van der Waals surface area contributed by atoms with E-state index in [0.29, 0.717) is 18.8 Å². The first kappa shape index (κ1) is 23.1. The van der Waals surface area contributed by atoms with Crippen molar-refractivity contribution in [3.05, 3.63) is 101 Å². The molecule has 0 bridgehead atoms. The van der Waals surface area contributed by atoms with E-state index in [2.05, 4.69) is 53.4 Å². The van der Waals surface area contributed by atoms with Gasteiger partial charge in [-0.05, 0) is 74.2 Å². The highest BCUT2D eigenvalue weighted by Crippen LogP contribution is 2.41. The molecule has 1 unspecified atom stereocenters. The molecule has 0 spiro atoms. The van der Waals surface area contributed by atoms with Gasteiger partial charge in [0.05, 0.1) is 0 Å². The van der Waals surface area contributed by atoms with Gasteiger partial charge >= 0.3 is 0 Å². The first-order valence-corrected chi connectivity index (χ1v) is 12.0. The number of benzene rings is 3. The van der Waals surface area contributed by atoms with E-state index in [9.17, 15) is 9.90 Å². The lowest BCUT2D eigenvalue weighted by Crippen LogP contribution is -2.46. The molecule has 1 heterocycles. The zero-order chi connectivity index (χ0) is 23.3. The van der Waals surface area contributed by atoms with Gasteiger partial charge in [-0.25, -0.2) is 0 Å². The van der Waals surface area contributed by atoms with Crippen molar-refractivity contribution < 1.29 is 9.90 Å². The molecule has 1 N–H and O–H groups in total. The minimum atomic E-state index is -0.234. The molecule has 4 rings (SSSR count). The van der Waals surface area contributed by atoms with Crippen molar-refractivity contribution in [2.24, 2.45) is 0 Å². The average molecular weight is 443 g/mol. The van der Waals surface area contributed by atoms with Gasteiger partial charge in [-0.3, -0.25) is 9.69 Å². The smallest absolute Gasteiger partial charge is 0.253 e. The predicted molar refractivity (Wildman–Crippen MR) is 134 cm³/mol. The predicted octanol–water partition coefficient (Wildman–Crippen LogP) is 5.46. The van der Waals surface area contributed by atoms with Crippen LogP contribution in [0.2, 0.25) is 0 Å². The topological polar surface area (TPSA) is 43.8 Å². The molecule has 0 radical (unpaired) electrons. The van der Waals surface area contributed by atoms with E-state index in [-0.39, 0.29) is 11.3 Å². The maximum Gasteiger partial charge on any atom is 0.253 e. The largest absolute Gasteiger partial charge is 0.508 e. The SMILES string of the molecule is CCN(CC)C(=O)c1ccc(C2(c3cccc(O)c3)CCCN(Cc3ccccc3)C2)cc1. The molecular formula is C29H34N2O2. The van der Waals surface area contributed by atoms with Gasteiger partial charge in [0, 0.05) is 37.2 Å². The van der Waals surface area contributed by atoms with Gasteiger partial charge in [0.1, 0.15) is 5.75 Å². The third-order valence-corrected chi connectivity index (χ3v) is 6.95. The van der Waals surface area contributed by atoms with Crippen LogP contribution in [-0.4, -0.2) is 47.0 Å². The number of aromatic hydroxyl groups is 1. The Hall–Kier alpha value is -3.11. The van der Waals surface area contributed by atoms with Crippen molar-refractivity contribution in [2.75, 3.05) is 26.2 Å². The maximum atomic E-state index is 12.8. The summed E-state index contributed by atoms with van der Waals surface area (Å²) in [4.78, 5) is 17.2. The van der Waals surface area contributed by atoms with E-state index < -0.39 is 0 Å². The molecule has 0 saturated carbocycles. The van der Waals surface area contributed by atoms with E-state index in [1.54, 1.807) is 6.07 Å². The van der Waals surface area contributed by atoms with Crippen LogP contribution in [0.4, 0.5) is 0 Å². The quantitative estimate of drug-likeness (QED) is 0.529. The van der Waals surface area contributed by atoms with E-state index in [0.717, 1.165) is 43.6 Å². The van der Waals surface area contributed by atoms with Crippen molar-refractivity contribution in [3.8, 4) is 5.75 Å². The highest BCUT2D eigenvalue weighted by Gasteiger charge is 2.39.